The van der Waals surface area contributed by atoms with Crippen molar-refractivity contribution in [2.24, 2.45) is 0 Å². The molecule has 0 spiro atoms. The number of carbonyl (C=O) groups excluding carboxylic acids is 1. The standard InChI is InChI=1S/C16H22FN3O3/c1-11(16(22)23)18-15(21)12(2)19-7-9-20(10-8-19)14-5-3-13(17)4-6-14/h3-6,11-12H,7-10H2,1-2H3,(H,18,21)(H,22,23)/t11-,12?/m0/s1. The number of aliphatic carboxylic acids is 1. The number of carbonyl (C=O) groups is 2. The number of rotatable bonds is 5. The summed E-state index contributed by atoms with van der Waals surface area (Å²) in [6.45, 7) is 6.06. The third-order valence-corrected chi connectivity index (χ3v) is 4.16. The van der Waals surface area contributed by atoms with Gasteiger partial charge in [0.15, 0.2) is 0 Å². The Morgan fingerprint density at radius 1 is 1.13 bits per heavy atom. The molecule has 23 heavy (non-hydrogen) atoms. The topological polar surface area (TPSA) is 72.9 Å². The van der Waals surface area contributed by atoms with E-state index in [2.05, 4.69) is 10.2 Å². The monoisotopic (exact) mass is 323 g/mol. The van der Waals surface area contributed by atoms with Crippen LogP contribution in [-0.2, 0) is 9.59 Å². The van der Waals surface area contributed by atoms with E-state index in [9.17, 15) is 14.0 Å². The first-order valence-electron chi connectivity index (χ1n) is 7.66. The van der Waals surface area contributed by atoms with Gasteiger partial charge in [0, 0.05) is 31.9 Å². The van der Waals surface area contributed by atoms with Gasteiger partial charge in [-0.2, -0.15) is 0 Å². The van der Waals surface area contributed by atoms with Gasteiger partial charge in [-0.05, 0) is 38.1 Å². The first kappa shape index (κ1) is 17.2. The second-order valence-corrected chi connectivity index (χ2v) is 5.74. The Morgan fingerprint density at radius 3 is 2.22 bits per heavy atom. The van der Waals surface area contributed by atoms with Crippen LogP contribution in [0, 0.1) is 5.82 Å². The number of benzene rings is 1. The molecule has 2 rings (SSSR count). The van der Waals surface area contributed by atoms with Gasteiger partial charge in [-0.25, -0.2) is 4.39 Å². The summed E-state index contributed by atoms with van der Waals surface area (Å²) in [4.78, 5) is 27.0. The molecule has 1 heterocycles. The van der Waals surface area contributed by atoms with Gasteiger partial charge < -0.3 is 15.3 Å². The molecule has 2 atom stereocenters. The lowest BCUT2D eigenvalue weighted by molar-refractivity contribution is -0.142. The first-order chi connectivity index (χ1) is 10.9. The number of carboxylic acids is 1. The normalized spacial score (nSPS) is 18.3. The van der Waals surface area contributed by atoms with Crippen LogP contribution in [0.15, 0.2) is 24.3 Å². The number of carboxylic acid groups (broad SMARTS) is 1. The van der Waals surface area contributed by atoms with Crippen molar-refractivity contribution in [3.63, 3.8) is 0 Å². The largest absolute Gasteiger partial charge is 0.480 e. The van der Waals surface area contributed by atoms with E-state index in [0.717, 1.165) is 18.8 Å². The van der Waals surface area contributed by atoms with Crippen LogP contribution in [0.3, 0.4) is 0 Å². The molecule has 1 amide bonds. The van der Waals surface area contributed by atoms with Crippen molar-refractivity contribution in [1.29, 1.82) is 0 Å². The molecule has 1 saturated heterocycles. The molecular weight excluding hydrogens is 301 g/mol. The van der Waals surface area contributed by atoms with Gasteiger partial charge in [0.05, 0.1) is 6.04 Å². The van der Waals surface area contributed by atoms with Crippen LogP contribution in [0.5, 0.6) is 0 Å². The summed E-state index contributed by atoms with van der Waals surface area (Å²) in [5, 5.41) is 11.3. The van der Waals surface area contributed by atoms with Crippen molar-refractivity contribution < 1.29 is 19.1 Å². The van der Waals surface area contributed by atoms with E-state index < -0.39 is 12.0 Å². The summed E-state index contributed by atoms with van der Waals surface area (Å²) in [5.41, 5.74) is 0.961. The van der Waals surface area contributed by atoms with Gasteiger partial charge in [-0.3, -0.25) is 14.5 Å². The Morgan fingerprint density at radius 2 is 1.70 bits per heavy atom. The quantitative estimate of drug-likeness (QED) is 0.843. The molecule has 0 saturated carbocycles. The molecule has 1 aliphatic rings. The summed E-state index contributed by atoms with van der Waals surface area (Å²) >= 11 is 0. The van der Waals surface area contributed by atoms with E-state index in [1.165, 1.54) is 19.1 Å². The minimum Gasteiger partial charge on any atom is -0.480 e. The van der Waals surface area contributed by atoms with Crippen LogP contribution in [0.25, 0.3) is 0 Å². The maximum absolute atomic E-state index is 13.0. The predicted molar refractivity (Wildman–Crippen MR) is 84.9 cm³/mol. The third kappa shape index (κ3) is 4.41. The molecule has 1 fully saturated rings. The highest BCUT2D eigenvalue weighted by molar-refractivity contribution is 5.86. The maximum Gasteiger partial charge on any atom is 0.325 e. The van der Waals surface area contributed by atoms with Crippen LogP contribution in [-0.4, -0.2) is 60.1 Å². The van der Waals surface area contributed by atoms with Crippen LogP contribution >= 0.6 is 0 Å². The second-order valence-electron chi connectivity index (χ2n) is 5.74. The highest BCUT2D eigenvalue weighted by atomic mass is 19.1. The van der Waals surface area contributed by atoms with Gasteiger partial charge >= 0.3 is 5.97 Å². The first-order valence-corrected chi connectivity index (χ1v) is 7.66. The Labute approximate surface area is 134 Å². The summed E-state index contributed by atoms with van der Waals surface area (Å²) in [7, 11) is 0. The average molecular weight is 323 g/mol. The number of hydrogen-bond donors (Lipinski definition) is 2. The molecule has 2 N–H and O–H groups in total. The van der Waals surface area contributed by atoms with Crippen LogP contribution < -0.4 is 10.2 Å². The van der Waals surface area contributed by atoms with Crippen LogP contribution in [0.2, 0.25) is 0 Å². The number of amides is 1. The van der Waals surface area contributed by atoms with E-state index in [1.807, 2.05) is 4.90 Å². The van der Waals surface area contributed by atoms with Crippen molar-refractivity contribution in [3.8, 4) is 0 Å². The molecule has 1 aromatic rings. The molecule has 1 aromatic carbocycles. The molecule has 0 bridgehead atoms. The summed E-state index contributed by atoms with van der Waals surface area (Å²) in [6, 6.07) is 5.08. The van der Waals surface area contributed by atoms with Crippen molar-refractivity contribution in [1.82, 2.24) is 10.2 Å². The fraction of sp³-hybridized carbons (Fsp3) is 0.500. The van der Waals surface area contributed by atoms with Gasteiger partial charge in [-0.15, -0.1) is 0 Å². The highest BCUT2D eigenvalue weighted by Crippen LogP contribution is 2.17. The zero-order valence-electron chi connectivity index (χ0n) is 13.3. The van der Waals surface area contributed by atoms with Crippen molar-refractivity contribution in [2.75, 3.05) is 31.1 Å². The van der Waals surface area contributed by atoms with Crippen molar-refractivity contribution >= 4 is 17.6 Å². The van der Waals surface area contributed by atoms with E-state index >= 15 is 0 Å². The smallest absolute Gasteiger partial charge is 0.325 e. The lowest BCUT2D eigenvalue weighted by Crippen LogP contribution is -2.55. The molecule has 7 heteroatoms. The van der Waals surface area contributed by atoms with Gasteiger partial charge in [-0.1, -0.05) is 0 Å². The van der Waals surface area contributed by atoms with Crippen molar-refractivity contribution in [3.05, 3.63) is 30.1 Å². The molecule has 1 aliphatic heterocycles. The third-order valence-electron chi connectivity index (χ3n) is 4.16. The fourth-order valence-corrected chi connectivity index (χ4v) is 2.58. The molecule has 0 aromatic heterocycles. The molecule has 6 nitrogen and oxygen atoms in total. The van der Waals surface area contributed by atoms with E-state index in [0.29, 0.717) is 13.1 Å². The average Bonchev–Trinajstić information content (AvgIpc) is 2.55. The zero-order chi connectivity index (χ0) is 17.0. The van der Waals surface area contributed by atoms with E-state index in [-0.39, 0.29) is 17.8 Å². The number of nitrogens with zero attached hydrogens (tertiary/aromatic N) is 2. The minimum atomic E-state index is -1.05. The Kier molecular flexibility index (Phi) is 5.54. The highest BCUT2D eigenvalue weighted by Gasteiger charge is 2.27. The number of piperazine rings is 1. The molecular formula is C16H22FN3O3. The van der Waals surface area contributed by atoms with E-state index in [4.69, 9.17) is 5.11 Å². The molecule has 1 unspecified atom stereocenters. The number of nitrogens with one attached hydrogen (secondary N) is 1. The molecule has 0 aliphatic carbocycles. The summed E-state index contributed by atoms with van der Waals surface area (Å²) < 4.78 is 13.0. The second kappa shape index (κ2) is 7.41. The zero-order valence-corrected chi connectivity index (χ0v) is 13.3. The minimum absolute atomic E-state index is 0.259. The Bertz CT molecular complexity index is 556. The van der Waals surface area contributed by atoms with Crippen molar-refractivity contribution in [2.45, 2.75) is 25.9 Å². The summed E-state index contributed by atoms with van der Waals surface area (Å²) in [6.07, 6.45) is 0. The Hall–Kier alpha value is -2.15. The summed E-state index contributed by atoms with van der Waals surface area (Å²) in [5.74, 6) is -1.59. The van der Waals surface area contributed by atoms with Gasteiger partial charge in [0.25, 0.3) is 0 Å². The maximum atomic E-state index is 13.0. The van der Waals surface area contributed by atoms with Crippen LogP contribution in [0.4, 0.5) is 10.1 Å². The van der Waals surface area contributed by atoms with Gasteiger partial charge in [0.1, 0.15) is 11.9 Å². The number of hydrogen-bond acceptors (Lipinski definition) is 4. The predicted octanol–water partition coefficient (Wildman–Crippen LogP) is 0.925. The molecule has 126 valence electrons. The number of anilines is 1. The Balaban J connectivity index is 1.87. The fourth-order valence-electron chi connectivity index (χ4n) is 2.58. The van der Waals surface area contributed by atoms with E-state index in [1.54, 1.807) is 19.1 Å². The van der Waals surface area contributed by atoms with Crippen LogP contribution in [0.1, 0.15) is 13.8 Å². The molecule has 0 radical (unpaired) electrons. The SMILES string of the molecule is CC(C(=O)N[C@@H](C)C(=O)O)N1CCN(c2ccc(F)cc2)CC1. The number of halogens is 1. The lowest BCUT2D eigenvalue weighted by Gasteiger charge is -2.38. The van der Waals surface area contributed by atoms with Gasteiger partial charge in [0.2, 0.25) is 5.91 Å². The lowest BCUT2D eigenvalue weighted by atomic mass is 10.2.